The molecule has 0 radical (unpaired) electrons. The van der Waals surface area contributed by atoms with Crippen LogP contribution in [-0.4, -0.2) is 7.11 Å². The summed E-state index contributed by atoms with van der Waals surface area (Å²) in [7, 11) is 1.68. The molecule has 0 bridgehead atoms. The summed E-state index contributed by atoms with van der Waals surface area (Å²) in [6, 6.07) is 21.7. The molecule has 0 heterocycles. The SMILES string of the molecule is COc1cccc2c(Oc3ccccc3)cccc12. The Balaban J connectivity index is 2.09. The first-order chi connectivity index (χ1) is 9.38. The van der Waals surface area contributed by atoms with E-state index in [-0.39, 0.29) is 0 Å². The number of benzene rings is 3. The van der Waals surface area contributed by atoms with Crippen molar-refractivity contribution in [2.45, 2.75) is 0 Å². The molecule has 0 fully saturated rings. The first-order valence-corrected chi connectivity index (χ1v) is 6.17. The second kappa shape index (κ2) is 5.02. The lowest BCUT2D eigenvalue weighted by molar-refractivity contribution is 0.419. The molecule has 0 saturated carbocycles. The topological polar surface area (TPSA) is 18.5 Å². The zero-order chi connectivity index (χ0) is 13.1. The van der Waals surface area contributed by atoms with E-state index in [2.05, 4.69) is 0 Å². The minimum atomic E-state index is 0.831. The Kier molecular flexibility index (Phi) is 3.07. The van der Waals surface area contributed by atoms with E-state index >= 15 is 0 Å². The largest absolute Gasteiger partial charge is 0.496 e. The minimum absolute atomic E-state index is 0.831. The molecule has 0 saturated heterocycles. The molecule has 94 valence electrons. The maximum atomic E-state index is 5.94. The van der Waals surface area contributed by atoms with E-state index in [9.17, 15) is 0 Å². The van der Waals surface area contributed by atoms with Crippen LogP contribution >= 0.6 is 0 Å². The average molecular weight is 250 g/mol. The molecule has 0 aliphatic carbocycles. The third-order valence-electron chi connectivity index (χ3n) is 3.03. The van der Waals surface area contributed by atoms with Gasteiger partial charge in [-0.1, -0.05) is 42.5 Å². The Hall–Kier alpha value is -2.48. The second-order valence-electron chi connectivity index (χ2n) is 4.23. The number of fused-ring (bicyclic) bond motifs is 1. The van der Waals surface area contributed by atoms with Gasteiger partial charge in [-0.15, -0.1) is 0 Å². The Bertz CT molecular complexity index is 690. The van der Waals surface area contributed by atoms with Crippen molar-refractivity contribution in [1.82, 2.24) is 0 Å². The van der Waals surface area contributed by atoms with E-state index in [1.54, 1.807) is 7.11 Å². The molecule has 19 heavy (non-hydrogen) atoms. The van der Waals surface area contributed by atoms with Crippen molar-refractivity contribution in [3.8, 4) is 17.2 Å². The van der Waals surface area contributed by atoms with Crippen LogP contribution in [0.2, 0.25) is 0 Å². The summed E-state index contributed by atoms with van der Waals surface area (Å²) in [6.45, 7) is 0. The van der Waals surface area contributed by atoms with Crippen LogP contribution in [0.4, 0.5) is 0 Å². The average Bonchev–Trinajstić information content (AvgIpc) is 2.48. The number of ether oxygens (including phenoxy) is 2. The van der Waals surface area contributed by atoms with Gasteiger partial charge in [0.2, 0.25) is 0 Å². The van der Waals surface area contributed by atoms with Gasteiger partial charge in [0, 0.05) is 10.8 Å². The van der Waals surface area contributed by atoms with E-state index in [1.165, 1.54) is 0 Å². The predicted molar refractivity (Wildman–Crippen MR) is 77.0 cm³/mol. The maximum Gasteiger partial charge on any atom is 0.135 e. The Morgan fingerprint density at radius 2 is 1.26 bits per heavy atom. The number of hydrogen-bond acceptors (Lipinski definition) is 2. The van der Waals surface area contributed by atoms with E-state index in [0.29, 0.717) is 0 Å². The van der Waals surface area contributed by atoms with Crippen molar-refractivity contribution in [2.75, 3.05) is 7.11 Å². The Morgan fingerprint density at radius 3 is 1.95 bits per heavy atom. The molecule has 0 unspecified atom stereocenters. The fourth-order valence-electron chi connectivity index (χ4n) is 2.13. The van der Waals surface area contributed by atoms with Gasteiger partial charge < -0.3 is 9.47 Å². The summed E-state index contributed by atoms with van der Waals surface area (Å²) >= 11 is 0. The van der Waals surface area contributed by atoms with Gasteiger partial charge in [-0.3, -0.25) is 0 Å². The van der Waals surface area contributed by atoms with Crippen molar-refractivity contribution < 1.29 is 9.47 Å². The molecule has 0 aliphatic rings. The van der Waals surface area contributed by atoms with Gasteiger partial charge in [0.05, 0.1) is 7.11 Å². The number of para-hydroxylation sites is 1. The van der Waals surface area contributed by atoms with Crippen LogP contribution < -0.4 is 9.47 Å². The highest BCUT2D eigenvalue weighted by Crippen LogP contribution is 2.34. The lowest BCUT2D eigenvalue weighted by atomic mass is 10.1. The van der Waals surface area contributed by atoms with Crippen LogP contribution in [0.15, 0.2) is 66.7 Å². The molecule has 0 aliphatic heterocycles. The number of methoxy groups -OCH3 is 1. The van der Waals surface area contributed by atoms with Gasteiger partial charge in [0.15, 0.2) is 0 Å². The van der Waals surface area contributed by atoms with Crippen LogP contribution in [0.1, 0.15) is 0 Å². The molecule has 0 amide bonds. The van der Waals surface area contributed by atoms with Crippen LogP contribution in [0.3, 0.4) is 0 Å². The summed E-state index contributed by atoms with van der Waals surface area (Å²) in [5, 5.41) is 2.10. The molecule has 2 heteroatoms. The quantitative estimate of drug-likeness (QED) is 0.674. The van der Waals surface area contributed by atoms with Gasteiger partial charge >= 0.3 is 0 Å². The predicted octanol–water partition coefficient (Wildman–Crippen LogP) is 4.64. The number of rotatable bonds is 3. The lowest BCUT2D eigenvalue weighted by Crippen LogP contribution is -1.88. The molecular weight excluding hydrogens is 236 g/mol. The molecule has 0 atom stereocenters. The van der Waals surface area contributed by atoms with Crippen LogP contribution in [-0.2, 0) is 0 Å². The fraction of sp³-hybridized carbons (Fsp3) is 0.0588. The normalized spacial score (nSPS) is 10.4. The van der Waals surface area contributed by atoms with Gasteiger partial charge in [-0.25, -0.2) is 0 Å². The molecule has 0 spiro atoms. The second-order valence-corrected chi connectivity index (χ2v) is 4.23. The van der Waals surface area contributed by atoms with E-state index in [4.69, 9.17) is 9.47 Å². The van der Waals surface area contributed by atoms with Crippen molar-refractivity contribution in [2.24, 2.45) is 0 Å². The molecule has 0 aromatic heterocycles. The summed E-state index contributed by atoms with van der Waals surface area (Å²) in [4.78, 5) is 0. The zero-order valence-electron chi connectivity index (χ0n) is 10.7. The summed E-state index contributed by atoms with van der Waals surface area (Å²) in [5.41, 5.74) is 0. The zero-order valence-corrected chi connectivity index (χ0v) is 10.7. The third kappa shape index (κ3) is 2.25. The first-order valence-electron chi connectivity index (χ1n) is 6.17. The van der Waals surface area contributed by atoms with Crippen molar-refractivity contribution in [3.63, 3.8) is 0 Å². The summed E-state index contributed by atoms with van der Waals surface area (Å²) in [5.74, 6) is 2.52. The highest BCUT2D eigenvalue weighted by molar-refractivity contribution is 5.93. The highest BCUT2D eigenvalue weighted by atomic mass is 16.5. The summed E-state index contributed by atoms with van der Waals surface area (Å²) < 4.78 is 11.3. The number of hydrogen-bond donors (Lipinski definition) is 0. The van der Waals surface area contributed by atoms with Gasteiger partial charge in [0.1, 0.15) is 17.2 Å². The monoisotopic (exact) mass is 250 g/mol. The van der Waals surface area contributed by atoms with E-state index in [0.717, 1.165) is 28.0 Å². The minimum Gasteiger partial charge on any atom is -0.496 e. The standard InChI is InChI=1S/C17H14O2/c1-18-16-11-5-10-15-14(16)9-6-12-17(15)19-13-7-3-2-4-8-13/h2-12H,1H3. The van der Waals surface area contributed by atoms with Gasteiger partial charge in [0.25, 0.3) is 0 Å². The smallest absolute Gasteiger partial charge is 0.135 e. The van der Waals surface area contributed by atoms with E-state index < -0.39 is 0 Å². The molecule has 2 nitrogen and oxygen atoms in total. The maximum absolute atomic E-state index is 5.94. The first kappa shape index (κ1) is 11.6. The molecule has 3 aromatic rings. The van der Waals surface area contributed by atoms with E-state index in [1.807, 2.05) is 66.7 Å². The Labute approximate surface area is 112 Å². The Morgan fingerprint density at radius 1 is 0.632 bits per heavy atom. The van der Waals surface area contributed by atoms with Crippen LogP contribution in [0.25, 0.3) is 10.8 Å². The van der Waals surface area contributed by atoms with Crippen molar-refractivity contribution >= 4 is 10.8 Å². The molecule has 3 aromatic carbocycles. The molecule has 0 N–H and O–H groups in total. The lowest BCUT2D eigenvalue weighted by Gasteiger charge is -2.10. The molecular formula is C17H14O2. The third-order valence-corrected chi connectivity index (χ3v) is 3.03. The van der Waals surface area contributed by atoms with Crippen molar-refractivity contribution in [1.29, 1.82) is 0 Å². The molecule has 3 rings (SSSR count). The fourth-order valence-corrected chi connectivity index (χ4v) is 2.13. The van der Waals surface area contributed by atoms with Crippen LogP contribution in [0, 0.1) is 0 Å². The van der Waals surface area contributed by atoms with Gasteiger partial charge in [-0.2, -0.15) is 0 Å². The van der Waals surface area contributed by atoms with Gasteiger partial charge in [-0.05, 0) is 24.3 Å². The highest BCUT2D eigenvalue weighted by Gasteiger charge is 2.06. The van der Waals surface area contributed by atoms with Crippen LogP contribution in [0.5, 0.6) is 17.2 Å². The van der Waals surface area contributed by atoms with Crippen molar-refractivity contribution in [3.05, 3.63) is 66.7 Å². The summed E-state index contributed by atoms with van der Waals surface area (Å²) in [6.07, 6.45) is 0.